The van der Waals surface area contributed by atoms with Gasteiger partial charge in [0.05, 0.1) is 6.54 Å². The van der Waals surface area contributed by atoms with E-state index >= 15 is 0 Å². The molecule has 3 N–H and O–H groups in total. The second-order valence-electron chi connectivity index (χ2n) is 10.4. The van der Waals surface area contributed by atoms with Gasteiger partial charge in [0.1, 0.15) is 12.5 Å². The summed E-state index contributed by atoms with van der Waals surface area (Å²) in [6.45, 7) is 12.9. The second-order valence-corrected chi connectivity index (χ2v) is 10.4. The van der Waals surface area contributed by atoms with E-state index in [9.17, 15) is 14.4 Å². The fourth-order valence-electron chi connectivity index (χ4n) is 4.15. The van der Waals surface area contributed by atoms with E-state index in [-0.39, 0.29) is 43.5 Å². The average Bonchev–Trinajstić information content (AvgIpc) is 2.82. The highest BCUT2D eigenvalue weighted by molar-refractivity contribution is 5.95. The van der Waals surface area contributed by atoms with Gasteiger partial charge in [-0.2, -0.15) is 0 Å². The number of ketones is 1. The summed E-state index contributed by atoms with van der Waals surface area (Å²) < 4.78 is 0. The minimum atomic E-state index is -0.679. The maximum absolute atomic E-state index is 13.2. The summed E-state index contributed by atoms with van der Waals surface area (Å²) in [6.07, 6.45) is 3.68. The number of hydrogen-bond acceptors (Lipinski definition) is 6. The lowest BCUT2D eigenvalue weighted by Crippen LogP contribution is -2.46. The van der Waals surface area contributed by atoms with Crippen LogP contribution in [0, 0.1) is 5.41 Å². The molecule has 0 aliphatic carbocycles. The van der Waals surface area contributed by atoms with Gasteiger partial charge in [0.2, 0.25) is 11.8 Å². The standard InChI is InChI=1S/C29H40N4O4/c1-20(13-14-23-11-9-15-30-27(23)31-19-34)16-21(2)32-26(36)18-33(28(37)29(4,5)6)17-24-10-7-8-12-25(24)22(3)35/h7-12,15,21,34H,1,13-14,16-19H2,2-6H3,(H,30,31)(H,32,36). The molecule has 37 heavy (non-hydrogen) atoms. The smallest absolute Gasteiger partial charge is 0.239 e. The van der Waals surface area contributed by atoms with Crippen molar-refractivity contribution in [2.24, 2.45) is 5.41 Å². The molecular formula is C29H40N4O4. The molecule has 0 saturated heterocycles. The molecule has 1 aromatic heterocycles. The normalized spacial score (nSPS) is 11.9. The molecule has 0 bridgehead atoms. The SMILES string of the molecule is C=C(CCc1cccnc1NCO)CC(C)NC(=O)CN(Cc1ccccc1C(C)=O)C(=O)C(C)(C)C. The molecule has 2 aromatic rings. The van der Waals surface area contributed by atoms with Gasteiger partial charge in [-0.05, 0) is 50.3 Å². The average molecular weight is 509 g/mol. The van der Waals surface area contributed by atoms with Crippen LogP contribution >= 0.6 is 0 Å². The number of anilines is 1. The van der Waals surface area contributed by atoms with Gasteiger partial charge in [-0.3, -0.25) is 14.4 Å². The van der Waals surface area contributed by atoms with Crippen LogP contribution < -0.4 is 10.6 Å². The lowest BCUT2D eigenvalue weighted by molar-refractivity contribution is -0.143. The van der Waals surface area contributed by atoms with Crippen molar-refractivity contribution in [1.82, 2.24) is 15.2 Å². The van der Waals surface area contributed by atoms with E-state index in [4.69, 9.17) is 5.11 Å². The second kappa shape index (κ2) is 13.7. The van der Waals surface area contributed by atoms with Crippen LogP contribution in [0.4, 0.5) is 5.82 Å². The molecule has 8 nitrogen and oxygen atoms in total. The highest BCUT2D eigenvalue weighted by Crippen LogP contribution is 2.21. The predicted molar refractivity (Wildman–Crippen MR) is 146 cm³/mol. The van der Waals surface area contributed by atoms with Crippen LogP contribution in [0.15, 0.2) is 54.7 Å². The molecule has 1 aromatic carbocycles. The molecule has 8 heteroatoms. The van der Waals surface area contributed by atoms with Crippen LogP contribution in [0.25, 0.3) is 0 Å². The van der Waals surface area contributed by atoms with Crippen LogP contribution in [0.3, 0.4) is 0 Å². The molecule has 2 rings (SSSR count). The zero-order valence-corrected chi connectivity index (χ0v) is 22.6. The summed E-state index contributed by atoms with van der Waals surface area (Å²) in [4.78, 5) is 43.9. The fourth-order valence-corrected chi connectivity index (χ4v) is 4.15. The van der Waals surface area contributed by atoms with Crippen LogP contribution in [0.2, 0.25) is 0 Å². The van der Waals surface area contributed by atoms with Gasteiger partial charge in [0, 0.05) is 29.8 Å². The first kappa shape index (κ1) is 29.7. The molecule has 0 spiro atoms. The van der Waals surface area contributed by atoms with E-state index < -0.39 is 5.41 Å². The molecule has 1 unspecified atom stereocenters. The third-order valence-electron chi connectivity index (χ3n) is 5.91. The van der Waals surface area contributed by atoms with Crippen molar-refractivity contribution in [3.63, 3.8) is 0 Å². The van der Waals surface area contributed by atoms with E-state index in [2.05, 4.69) is 22.2 Å². The Bertz CT molecular complexity index is 1110. The first-order valence-electron chi connectivity index (χ1n) is 12.5. The minimum absolute atomic E-state index is 0.0825. The number of rotatable bonds is 13. The van der Waals surface area contributed by atoms with Gasteiger partial charge in [-0.25, -0.2) is 4.98 Å². The number of nitrogens with one attached hydrogen (secondary N) is 2. The first-order valence-corrected chi connectivity index (χ1v) is 12.5. The summed E-state index contributed by atoms with van der Waals surface area (Å²) in [5, 5.41) is 15.0. The quantitative estimate of drug-likeness (QED) is 0.213. The number of benzene rings is 1. The van der Waals surface area contributed by atoms with Crippen LogP contribution in [0.1, 0.15) is 68.9 Å². The molecule has 0 aliphatic heterocycles. The van der Waals surface area contributed by atoms with E-state index in [0.29, 0.717) is 36.2 Å². The van der Waals surface area contributed by atoms with Crippen molar-refractivity contribution in [1.29, 1.82) is 0 Å². The van der Waals surface area contributed by atoms with Crippen LogP contribution in [-0.4, -0.2) is 51.9 Å². The van der Waals surface area contributed by atoms with Crippen molar-refractivity contribution in [2.75, 3.05) is 18.6 Å². The highest BCUT2D eigenvalue weighted by atomic mass is 16.3. The molecule has 0 aliphatic rings. The summed E-state index contributed by atoms with van der Waals surface area (Å²) in [6, 6.07) is 10.8. The third-order valence-corrected chi connectivity index (χ3v) is 5.91. The molecule has 0 saturated carbocycles. The molecule has 0 fully saturated rings. The van der Waals surface area contributed by atoms with Crippen LogP contribution in [-0.2, 0) is 22.6 Å². The minimum Gasteiger partial charge on any atom is -0.377 e. The number of aliphatic hydroxyl groups excluding tert-OH is 1. The summed E-state index contributed by atoms with van der Waals surface area (Å²) in [5.74, 6) is 0.136. The maximum atomic E-state index is 13.2. The lowest BCUT2D eigenvalue weighted by atomic mass is 9.94. The summed E-state index contributed by atoms with van der Waals surface area (Å²) >= 11 is 0. The Balaban J connectivity index is 1.99. The number of aliphatic hydroxyl groups is 1. The number of nitrogens with zero attached hydrogens (tertiary/aromatic N) is 2. The third kappa shape index (κ3) is 9.46. The molecule has 200 valence electrons. The van der Waals surface area contributed by atoms with Gasteiger partial charge >= 0.3 is 0 Å². The first-order chi connectivity index (χ1) is 17.4. The number of carbonyl (C=O) groups excluding carboxylic acids is 3. The number of Topliss-reactive ketones (excluding diaryl/α,β-unsaturated/α-hetero) is 1. The van der Waals surface area contributed by atoms with Crippen molar-refractivity contribution in [3.8, 4) is 0 Å². The van der Waals surface area contributed by atoms with Crippen molar-refractivity contribution in [3.05, 3.63) is 71.4 Å². The van der Waals surface area contributed by atoms with Gasteiger partial charge < -0.3 is 20.6 Å². The number of pyridine rings is 1. The van der Waals surface area contributed by atoms with Gasteiger partial charge in [-0.15, -0.1) is 0 Å². The Morgan fingerprint density at radius 2 is 1.78 bits per heavy atom. The Labute approximate surface area is 220 Å². The van der Waals surface area contributed by atoms with E-state index in [0.717, 1.165) is 11.1 Å². The Kier molecular flexibility index (Phi) is 11.0. The number of carbonyl (C=O) groups is 3. The van der Waals surface area contributed by atoms with Gasteiger partial charge in [0.15, 0.2) is 5.78 Å². The van der Waals surface area contributed by atoms with Crippen molar-refractivity contribution < 1.29 is 19.5 Å². The Morgan fingerprint density at radius 3 is 2.43 bits per heavy atom. The van der Waals surface area contributed by atoms with E-state index in [1.54, 1.807) is 18.3 Å². The van der Waals surface area contributed by atoms with E-state index in [1.165, 1.54) is 11.8 Å². The Hall–Kier alpha value is -3.52. The predicted octanol–water partition coefficient (Wildman–Crippen LogP) is 4.10. The lowest BCUT2D eigenvalue weighted by Gasteiger charge is -2.30. The zero-order valence-electron chi connectivity index (χ0n) is 22.6. The largest absolute Gasteiger partial charge is 0.377 e. The maximum Gasteiger partial charge on any atom is 0.239 e. The molecule has 0 radical (unpaired) electrons. The molecule has 2 amide bonds. The monoisotopic (exact) mass is 508 g/mol. The fraction of sp³-hybridized carbons (Fsp3) is 0.448. The zero-order chi connectivity index (χ0) is 27.6. The number of amides is 2. The molecule has 1 heterocycles. The topological polar surface area (TPSA) is 112 Å². The van der Waals surface area contributed by atoms with E-state index in [1.807, 2.05) is 52.0 Å². The summed E-state index contributed by atoms with van der Waals surface area (Å²) in [7, 11) is 0. The Morgan fingerprint density at radius 1 is 1.11 bits per heavy atom. The number of aryl methyl sites for hydroxylation is 1. The van der Waals surface area contributed by atoms with Crippen LogP contribution in [0.5, 0.6) is 0 Å². The summed E-state index contributed by atoms with van der Waals surface area (Å²) in [5.41, 5.74) is 2.54. The van der Waals surface area contributed by atoms with Crippen molar-refractivity contribution in [2.45, 2.75) is 66.5 Å². The highest BCUT2D eigenvalue weighted by Gasteiger charge is 2.29. The number of aromatic nitrogens is 1. The van der Waals surface area contributed by atoms with Gasteiger partial charge in [-0.1, -0.05) is 63.3 Å². The van der Waals surface area contributed by atoms with Gasteiger partial charge in [0.25, 0.3) is 0 Å². The number of hydrogen-bond donors (Lipinski definition) is 3. The van der Waals surface area contributed by atoms with Crippen molar-refractivity contribution >= 4 is 23.4 Å². The molecular weight excluding hydrogens is 468 g/mol. The molecule has 1 atom stereocenters.